The van der Waals surface area contributed by atoms with Gasteiger partial charge in [-0.1, -0.05) is 12.1 Å². The highest BCUT2D eigenvalue weighted by molar-refractivity contribution is 5.91. The summed E-state index contributed by atoms with van der Waals surface area (Å²) < 4.78 is 5.05. The molecule has 0 radical (unpaired) electrons. The Morgan fingerprint density at radius 2 is 2.04 bits per heavy atom. The Morgan fingerprint density at radius 3 is 2.64 bits per heavy atom. The van der Waals surface area contributed by atoms with Crippen molar-refractivity contribution in [3.05, 3.63) is 17.5 Å². The van der Waals surface area contributed by atoms with Gasteiger partial charge in [0.2, 0.25) is 11.7 Å². The second-order valence-electron chi connectivity index (χ2n) is 6.79. The number of carbonyl (C=O) groups excluding carboxylic acids is 2. The molecule has 3 rings (SSSR count). The first kappa shape index (κ1) is 17.9. The van der Waals surface area contributed by atoms with Crippen LogP contribution in [0.25, 0.3) is 0 Å². The largest absolute Gasteiger partial charge is 0.389 e. The third kappa shape index (κ3) is 3.85. The Kier molecular flexibility index (Phi) is 5.39. The third-order valence-corrected chi connectivity index (χ3v) is 5.27. The molecule has 0 bridgehead atoms. The summed E-state index contributed by atoms with van der Waals surface area (Å²) in [5.74, 6) is -0.0591. The second kappa shape index (κ2) is 7.53. The van der Waals surface area contributed by atoms with Crippen LogP contribution in [0.2, 0.25) is 0 Å². The molecule has 0 aromatic carbocycles. The summed E-state index contributed by atoms with van der Waals surface area (Å²) in [5.41, 5.74) is 0.735. The molecule has 2 amide bonds. The van der Waals surface area contributed by atoms with E-state index in [4.69, 9.17) is 4.52 Å². The van der Waals surface area contributed by atoms with Gasteiger partial charge in [0.05, 0.1) is 17.8 Å². The minimum Gasteiger partial charge on any atom is -0.389 e. The number of nitrogens with one attached hydrogen (secondary N) is 1. The molecule has 2 heterocycles. The van der Waals surface area contributed by atoms with Crippen molar-refractivity contribution in [3.8, 4) is 0 Å². The van der Waals surface area contributed by atoms with Crippen molar-refractivity contribution in [2.24, 2.45) is 0 Å². The zero-order valence-corrected chi connectivity index (χ0v) is 14.8. The number of hydrogen-bond donors (Lipinski definition) is 2. The van der Waals surface area contributed by atoms with Gasteiger partial charge in [0, 0.05) is 45.2 Å². The fourth-order valence-electron chi connectivity index (χ4n) is 3.71. The average Bonchev–Trinajstić information content (AvgIpc) is 3.22. The zero-order valence-electron chi connectivity index (χ0n) is 14.8. The number of aliphatic hydroxyl groups is 1. The van der Waals surface area contributed by atoms with Gasteiger partial charge in [-0.25, -0.2) is 0 Å². The van der Waals surface area contributed by atoms with E-state index in [0.717, 1.165) is 31.6 Å². The minimum absolute atomic E-state index is 0.0142. The molecule has 2 N–H and O–H groups in total. The molecule has 0 unspecified atom stereocenters. The maximum Gasteiger partial charge on any atom is 0.290 e. The molecular weight excluding hydrogens is 324 g/mol. The maximum absolute atomic E-state index is 12.3. The normalized spacial score (nSPS) is 27.5. The quantitative estimate of drug-likeness (QED) is 0.794. The summed E-state index contributed by atoms with van der Waals surface area (Å²) in [6.45, 7) is 6.41. The molecule has 138 valence electrons. The molecular formula is C17H26N4O4. The molecule has 0 spiro atoms. The highest BCUT2D eigenvalue weighted by Gasteiger charge is 2.40. The summed E-state index contributed by atoms with van der Waals surface area (Å²) in [6, 6.07) is 1.36. The molecule has 8 nitrogen and oxygen atoms in total. The molecule has 25 heavy (non-hydrogen) atoms. The third-order valence-electron chi connectivity index (χ3n) is 5.27. The predicted octanol–water partition coefficient (Wildman–Crippen LogP) is 0.0228. The molecule has 3 atom stereocenters. The van der Waals surface area contributed by atoms with Crippen LogP contribution in [0.15, 0.2) is 10.6 Å². The number of aryl methyl sites for hydroxylation is 1. The molecule has 8 heteroatoms. The number of carbonyl (C=O) groups is 2. The van der Waals surface area contributed by atoms with E-state index in [1.165, 1.54) is 0 Å². The number of piperazine rings is 1. The van der Waals surface area contributed by atoms with E-state index in [9.17, 15) is 14.7 Å². The first-order valence-electron chi connectivity index (χ1n) is 8.93. The first-order chi connectivity index (χ1) is 12.0. The average molecular weight is 350 g/mol. The van der Waals surface area contributed by atoms with Crippen LogP contribution >= 0.6 is 0 Å². The Balaban J connectivity index is 1.54. The van der Waals surface area contributed by atoms with E-state index in [-0.39, 0.29) is 29.7 Å². The van der Waals surface area contributed by atoms with E-state index in [1.807, 2.05) is 11.8 Å². The SMILES string of the molecule is CCc1cc(C(=O)N[C@@H]2CC[C@@H](N3CCN(C(C)=O)CC3)[C@@H]2O)on1. The number of aromatic nitrogens is 1. The van der Waals surface area contributed by atoms with Crippen molar-refractivity contribution in [1.29, 1.82) is 0 Å². The van der Waals surface area contributed by atoms with Gasteiger partial charge in [-0.3, -0.25) is 14.5 Å². The van der Waals surface area contributed by atoms with Crippen molar-refractivity contribution in [2.45, 2.75) is 51.3 Å². The van der Waals surface area contributed by atoms with E-state index < -0.39 is 6.10 Å². The molecule has 1 aromatic heterocycles. The molecule has 1 saturated carbocycles. The molecule has 1 aliphatic heterocycles. The lowest BCUT2D eigenvalue weighted by Gasteiger charge is -2.39. The summed E-state index contributed by atoms with van der Waals surface area (Å²) in [4.78, 5) is 27.7. The van der Waals surface area contributed by atoms with Crippen LogP contribution in [-0.4, -0.2) is 76.2 Å². The summed E-state index contributed by atoms with van der Waals surface area (Å²) >= 11 is 0. The Morgan fingerprint density at radius 1 is 1.32 bits per heavy atom. The number of nitrogens with zero attached hydrogens (tertiary/aromatic N) is 3. The summed E-state index contributed by atoms with van der Waals surface area (Å²) in [5, 5.41) is 17.3. The van der Waals surface area contributed by atoms with Gasteiger partial charge in [0.1, 0.15) is 0 Å². The van der Waals surface area contributed by atoms with Crippen molar-refractivity contribution in [3.63, 3.8) is 0 Å². The van der Waals surface area contributed by atoms with Crippen LogP contribution in [0.3, 0.4) is 0 Å². The minimum atomic E-state index is -0.624. The van der Waals surface area contributed by atoms with Crippen molar-refractivity contribution < 1.29 is 19.2 Å². The lowest BCUT2D eigenvalue weighted by molar-refractivity contribution is -0.131. The summed E-state index contributed by atoms with van der Waals surface area (Å²) in [6.07, 6.45) is 1.63. The van der Waals surface area contributed by atoms with Crippen molar-refractivity contribution in [1.82, 2.24) is 20.3 Å². The van der Waals surface area contributed by atoms with E-state index in [1.54, 1.807) is 13.0 Å². The Hall–Kier alpha value is -1.93. The predicted molar refractivity (Wildman–Crippen MR) is 90.0 cm³/mol. The monoisotopic (exact) mass is 350 g/mol. The number of hydrogen-bond acceptors (Lipinski definition) is 6. The van der Waals surface area contributed by atoms with Crippen molar-refractivity contribution in [2.75, 3.05) is 26.2 Å². The fourth-order valence-corrected chi connectivity index (χ4v) is 3.71. The standard InChI is InChI=1S/C17H26N4O4/c1-3-12-10-15(25-19-12)17(24)18-13-4-5-14(16(13)23)21-8-6-20(7-9-21)11(2)22/h10,13-14,16,23H,3-9H2,1-2H3,(H,18,24)/t13-,14-,16-/m1/s1. The van der Waals surface area contributed by atoms with Gasteiger partial charge < -0.3 is 19.8 Å². The highest BCUT2D eigenvalue weighted by atomic mass is 16.5. The molecule has 2 aliphatic rings. The fraction of sp³-hybridized carbons (Fsp3) is 0.706. The van der Waals surface area contributed by atoms with Crippen LogP contribution in [-0.2, 0) is 11.2 Å². The lowest BCUT2D eigenvalue weighted by atomic mass is 10.1. The summed E-state index contributed by atoms with van der Waals surface area (Å²) in [7, 11) is 0. The lowest BCUT2D eigenvalue weighted by Crippen LogP contribution is -2.55. The van der Waals surface area contributed by atoms with Gasteiger partial charge in [0.25, 0.3) is 5.91 Å². The van der Waals surface area contributed by atoms with Gasteiger partial charge in [0.15, 0.2) is 0 Å². The highest BCUT2D eigenvalue weighted by Crippen LogP contribution is 2.26. The van der Waals surface area contributed by atoms with E-state index in [0.29, 0.717) is 19.5 Å². The smallest absolute Gasteiger partial charge is 0.290 e. The van der Waals surface area contributed by atoms with E-state index >= 15 is 0 Å². The Labute approximate surface area is 147 Å². The molecule has 1 aromatic rings. The number of aliphatic hydroxyl groups excluding tert-OH is 1. The van der Waals surface area contributed by atoms with Gasteiger partial charge in [-0.05, 0) is 19.3 Å². The van der Waals surface area contributed by atoms with Gasteiger partial charge in [-0.2, -0.15) is 0 Å². The number of rotatable bonds is 4. The van der Waals surface area contributed by atoms with Gasteiger partial charge >= 0.3 is 0 Å². The van der Waals surface area contributed by atoms with Crippen LogP contribution in [0.1, 0.15) is 42.9 Å². The zero-order chi connectivity index (χ0) is 18.0. The first-order valence-corrected chi connectivity index (χ1v) is 8.93. The van der Waals surface area contributed by atoms with Crippen molar-refractivity contribution >= 4 is 11.8 Å². The van der Waals surface area contributed by atoms with Crippen LogP contribution in [0, 0.1) is 0 Å². The van der Waals surface area contributed by atoms with Crippen LogP contribution in [0.4, 0.5) is 0 Å². The van der Waals surface area contributed by atoms with Crippen LogP contribution in [0.5, 0.6) is 0 Å². The van der Waals surface area contributed by atoms with Gasteiger partial charge in [-0.15, -0.1) is 0 Å². The second-order valence-corrected chi connectivity index (χ2v) is 6.79. The maximum atomic E-state index is 12.3. The Bertz CT molecular complexity index is 624. The van der Waals surface area contributed by atoms with E-state index in [2.05, 4.69) is 15.4 Å². The molecule has 1 saturated heterocycles. The van der Waals surface area contributed by atoms with Crippen LogP contribution < -0.4 is 5.32 Å². The number of amides is 2. The molecule has 1 aliphatic carbocycles. The topological polar surface area (TPSA) is 98.9 Å². The molecule has 2 fully saturated rings.